The Morgan fingerprint density at radius 3 is 2.18 bits per heavy atom. The molecule has 0 aromatic carbocycles. The molecule has 0 atom stereocenters. The Balaban J connectivity index is 1.92. The van der Waals surface area contributed by atoms with Gasteiger partial charge in [0.05, 0.1) is 0 Å². The van der Waals surface area contributed by atoms with Gasteiger partial charge in [0, 0.05) is 0 Å². The molecule has 0 spiro atoms. The molecule has 0 nitrogen and oxygen atoms in total. The van der Waals surface area contributed by atoms with Crippen molar-refractivity contribution in [3.63, 3.8) is 0 Å². The monoisotopic (exact) mass is 152 g/mol. The van der Waals surface area contributed by atoms with E-state index >= 15 is 0 Å². The molecule has 2 saturated carbocycles. The molecule has 0 aromatic rings. The Bertz CT molecular complexity index is 127. The molecule has 0 radical (unpaired) electrons. The van der Waals surface area contributed by atoms with E-state index in [2.05, 4.69) is 6.92 Å². The Kier molecular flexibility index (Phi) is 1.95. The predicted molar refractivity (Wildman–Crippen MR) is 48.5 cm³/mol. The van der Waals surface area contributed by atoms with Crippen LogP contribution in [0, 0.1) is 11.3 Å². The largest absolute Gasteiger partial charge is 0.0648 e. The van der Waals surface area contributed by atoms with Crippen LogP contribution in [0.4, 0.5) is 0 Å². The van der Waals surface area contributed by atoms with Crippen LogP contribution in [0.3, 0.4) is 0 Å². The fraction of sp³-hybridized carbons (Fsp3) is 1.00. The zero-order valence-electron chi connectivity index (χ0n) is 7.73. The highest BCUT2D eigenvalue weighted by atomic mass is 14.5. The summed E-state index contributed by atoms with van der Waals surface area (Å²) in [6.45, 7) is 2.39. The predicted octanol–water partition coefficient (Wildman–Crippen LogP) is 3.76. The average Bonchev–Trinajstić information content (AvgIpc) is 2.86. The van der Waals surface area contributed by atoms with Crippen LogP contribution in [0.25, 0.3) is 0 Å². The highest BCUT2D eigenvalue weighted by Crippen LogP contribution is 2.58. The van der Waals surface area contributed by atoms with Gasteiger partial charge in [0.2, 0.25) is 0 Å². The maximum absolute atomic E-state index is 2.39. The standard InChI is InChI=1S/C11H20/c1-2-11(8-9-11)10-6-4-3-5-7-10/h10H,2-9H2,1H3. The van der Waals surface area contributed by atoms with Crippen LogP contribution in [0.1, 0.15) is 58.3 Å². The molecule has 2 rings (SSSR count). The summed E-state index contributed by atoms with van der Waals surface area (Å²) >= 11 is 0. The highest BCUT2D eigenvalue weighted by Gasteiger charge is 2.46. The van der Waals surface area contributed by atoms with E-state index in [0.29, 0.717) is 0 Å². The van der Waals surface area contributed by atoms with E-state index < -0.39 is 0 Å². The summed E-state index contributed by atoms with van der Waals surface area (Å²) in [5, 5.41) is 0. The number of hydrogen-bond acceptors (Lipinski definition) is 0. The summed E-state index contributed by atoms with van der Waals surface area (Å²) in [7, 11) is 0. The molecule has 0 heteroatoms. The fourth-order valence-corrected chi connectivity index (χ4v) is 2.93. The van der Waals surface area contributed by atoms with Gasteiger partial charge in [-0.2, -0.15) is 0 Å². The van der Waals surface area contributed by atoms with Crippen LogP contribution in [0.5, 0.6) is 0 Å². The van der Waals surface area contributed by atoms with Crippen molar-refractivity contribution in [1.82, 2.24) is 0 Å². The van der Waals surface area contributed by atoms with Gasteiger partial charge >= 0.3 is 0 Å². The lowest BCUT2D eigenvalue weighted by Crippen LogP contribution is -2.18. The second-order valence-corrected chi connectivity index (χ2v) is 4.55. The molecule has 2 fully saturated rings. The Labute approximate surface area is 70.4 Å². The van der Waals surface area contributed by atoms with E-state index in [1.165, 1.54) is 25.7 Å². The molecule has 2 aliphatic rings. The molecule has 0 heterocycles. The van der Waals surface area contributed by atoms with Crippen molar-refractivity contribution in [2.45, 2.75) is 58.3 Å². The van der Waals surface area contributed by atoms with Gasteiger partial charge in [0.15, 0.2) is 0 Å². The molecule has 2 aliphatic carbocycles. The number of hydrogen-bond donors (Lipinski definition) is 0. The van der Waals surface area contributed by atoms with Gasteiger partial charge < -0.3 is 0 Å². The second-order valence-electron chi connectivity index (χ2n) is 4.55. The van der Waals surface area contributed by atoms with Crippen LogP contribution in [0.15, 0.2) is 0 Å². The maximum atomic E-state index is 2.39. The average molecular weight is 152 g/mol. The molecular weight excluding hydrogens is 132 g/mol. The zero-order chi connectivity index (χ0) is 7.73. The molecule has 0 N–H and O–H groups in total. The van der Waals surface area contributed by atoms with E-state index in [0.717, 1.165) is 11.3 Å². The molecule has 0 bridgehead atoms. The van der Waals surface area contributed by atoms with Gasteiger partial charge in [-0.1, -0.05) is 32.6 Å². The van der Waals surface area contributed by atoms with Gasteiger partial charge in [0.1, 0.15) is 0 Å². The van der Waals surface area contributed by atoms with E-state index in [1.54, 1.807) is 25.7 Å². The zero-order valence-corrected chi connectivity index (χ0v) is 7.73. The topological polar surface area (TPSA) is 0 Å². The smallest absolute Gasteiger partial charge is 0.0271 e. The fourth-order valence-electron chi connectivity index (χ4n) is 2.93. The van der Waals surface area contributed by atoms with Crippen LogP contribution in [-0.4, -0.2) is 0 Å². The Morgan fingerprint density at radius 2 is 1.73 bits per heavy atom. The molecule has 0 aromatic heterocycles. The quantitative estimate of drug-likeness (QED) is 0.565. The minimum absolute atomic E-state index is 0.862. The molecule has 64 valence electrons. The molecular formula is C11H20. The first-order valence-electron chi connectivity index (χ1n) is 5.37. The van der Waals surface area contributed by atoms with Gasteiger partial charge in [0.25, 0.3) is 0 Å². The summed E-state index contributed by atoms with van der Waals surface area (Å²) in [6.07, 6.45) is 12.2. The van der Waals surface area contributed by atoms with Gasteiger partial charge in [-0.15, -0.1) is 0 Å². The van der Waals surface area contributed by atoms with Gasteiger partial charge in [-0.3, -0.25) is 0 Å². The van der Waals surface area contributed by atoms with E-state index in [1.807, 2.05) is 0 Å². The van der Waals surface area contributed by atoms with Gasteiger partial charge in [-0.25, -0.2) is 0 Å². The second kappa shape index (κ2) is 2.80. The first-order valence-corrected chi connectivity index (χ1v) is 5.37. The summed E-state index contributed by atoms with van der Waals surface area (Å²) in [5.74, 6) is 1.13. The highest BCUT2D eigenvalue weighted by molar-refractivity contribution is 4.97. The Morgan fingerprint density at radius 1 is 1.09 bits per heavy atom. The maximum Gasteiger partial charge on any atom is -0.0271 e. The van der Waals surface area contributed by atoms with Crippen molar-refractivity contribution in [1.29, 1.82) is 0 Å². The summed E-state index contributed by atoms with van der Waals surface area (Å²) in [6, 6.07) is 0. The lowest BCUT2D eigenvalue weighted by molar-refractivity contribution is 0.221. The Hall–Kier alpha value is 0. The lowest BCUT2D eigenvalue weighted by atomic mass is 9.76. The third-order valence-corrected chi connectivity index (χ3v) is 4.07. The number of rotatable bonds is 2. The summed E-state index contributed by atoms with van der Waals surface area (Å²) in [4.78, 5) is 0. The van der Waals surface area contributed by atoms with Crippen molar-refractivity contribution in [2.75, 3.05) is 0 Å². The van der Waals surface area contributed by atoms with Crippen molar-refractivity contribution in [2.24, 2.45) is 11.3 Å². The summed E-state index contributed by atoms with van der Waals surface area (Å²) in [5.41, 5.74) is 0.862. The van der Waals surface area contributed by atoms with Crippen LogP contribution in [0.2, 0.25) is 0 Å². The first kappa shape index (κ1) is 7.64. The van der Waals surface area contributed by atoms with E-state index in [4.69, 9.17) is 0 Å². The molecule has 0 saturated heterocycles. The minimum atomic E-state index is 0.862. The van der Waals surface area contributed by atoms with Crippen molar-refractivity contribution >= 4 is 0 Å². The third-order valence-electron chi connectivity index (χ3n) is 4.07. The third kappa shape index (κ3) is 1.32. The molecule has 0 amide bonds. The van der Waals surface area contributed by atoms with Crippen molar-refractivity contribution < 1.29 is 0 Å². The minimum Gasteiger partial charge on any atom is -0.0648 e. The van der Waals surface area contributed by atoms with Gasteiger partial charge in [-0.05, 0) is 37.0 Å². The summed E-state index contributed by atoms with van der Waals surface area (Å²) < 4.78 is 0. The van der Waals surface area contributed by atoms with Crippen LogP contribution in [-0.2, 0) is 0 Å². The normalized spacial score (nSPS) is 30.3. The lowest BCUT2D eigenvalue weighted by Gasteiger charge is -2.29. The SMILES string of the molecule is CCC1(C2CCCCC2)CC1. The van der Waals surface area contributed by atoms with E-state index in [9.17, 15) is 0 Å². The van der Waals surface area contributed by atoms with Crippen molar-refractivity contribution in [3.8, 4) is 0 Å². The van der Waals surface area contributed by atoms with E-state index in [-0.39, 0.29) is 0 Å². The van der Waals surface area contributed by atoms with Crippen molar-refractivity contribution in [3.05, 3.63) is 0 Å². The van der Waals surface area contributed by atoms with Crippen LogP contribution >= 0.6 is 0 Å². The first-order chi connectivity index (χ1) is 5.37. The molecule has 0 aliphatic heterocycles. The van der Waals surface area contributed by atoms with Crippen LogP contribution < -0.4 is 0 Å². The molecule has 11 heavy (non-hydrogen) atoms. The molecule has 0 unspecified atom stereocenters.